The van der Waals surface area contributed by atoms with Crippen molar-refractivity contribution >= 4 is 22.6 Å². The van der Waals surface area contributed by atoms with Gasteiger partial charge >= 0.3 is 0 Å². The Bertz CT molecular complexity index is 1490. The molecular weight excluding hydrogens is 472 g/mol. The highest BCUT2D eigenvalue weighted by atomic mass is 19.2. The lowest BCUT2D eigenvalue weighted by molar-refractivity contribution is 0.0983. The molecule has 0 radical (unpaired) electrons. The standard InChI is InChI=1S/C30H29F2N3O2/c1-18(2)29-28(27(36)11-7-20-6-10-24(31)25(32)13-20)23-9-8-22(30-34-19(3)17-37-30)14-26(23)35(29)16-21-5-4-12-33-15-21/h4-6,8-10,12-15,18-19H,7,11,16-17H2,1-3H3/t19-/m1/s1. The van der Waals surface area contributed by atoms with Gasteiger partial charge in [-0.2, -0.15) is 0 Å². The Labute approximate surface area is 214 Å². The number of hydrogen-bond acceptors (Lipinski definition) is 4. The van der Waals surface area contributed by atoms with Gasteiger partial charge in [0.1, 0.15) is 6.61 Å². The molecule has 0 N–H and O–H groups in total. The van der Waals surface area contributed by atoms with Crippen LogP contribution in [0.3, 0.4) is 0 Å². The van der Waals surface area contributed by atoms with Crippen molar-refractivity contribution in [2.24, 2.45) is 4.99 Å². The number of rotatable bonds is 8. The maximum absolute atomic E-state index is 13.7. The molecule has 0 fully saturated rings. The van der Waals surface area contributed by atoms with E-state index < -0.39 is 11.6 Å². The van der Waals surface area contributed by atoms with Gasteiger partial charge in [0.15, 0.2) is 17.4 Å². The summed E-state index contributed by atoms with van der Waals surface area (Å²) in [4.78, 5) is 22.6. The summed E-state index contributed by atoms with van der Waals surface area (Å²) in [5, 5.41) is 0.860. The van der Waals surface area contributed by atoms with E-state index in [1.165, 1.54) is 6.07 Å². The topological polar surface area (TPSA) is 56.5 Å². The molecule has 190 valence electrons. The van der Waals surface area contributed by atoms with Crippen LogP contribution in [0.25, 0.3) is 10.9 Å². The summed E-state index contributed by atoms with van der Waals surface area (Å²) < 4.78 is 35.1. The minimum atomic E-state index is -0.903. The summed E-state index contributed by atoms with van der Waals surface area (Å²) in [6, 6.07) is 13.8. The van der Waals surface area contributed by atoms with Gasteiger partial charge in [-0.25, -0.2) is 13.8 Å². The van der Waals surface area contributed by atoms with Crippen molar-refractivity contribution < 1.29 is 18.3 Å². The van der Waals surface area contributed by atoms with Crippen LogP contribution in [0.5, 0.6) is 0 Å². The summed E-state index contributed by atoms with van der Waals surface area (Å²) in [5.74, 6) is -1.15. The second-order valence-corrected chi connectivity index (χ2v) is 9.86. The zero-order valence-corrected chi connectivity index (χ0v) is 21.2. The van der Waals surface area contributed by atoms with Crippen molar-refractivity contribution in [1.82, 2.24) is 9.55 Å². The molecule has 0 unspecified atom stereocenters. The quantitative estimate of drug-likeness (QED) is 0.260. The van der Waals surface area contributed by atoms with E-state index in [9.17, 15) is 13.6 Å². The van der Waals surface area contributed by atoms with E-state index in [0.29, 0.717) is 36.6 Å². The fraction of sp³-hybridized carbons (Fsp3) is 0.300. The van der Waals surface area contributed by atoms with Crippen molar-refractivity contribution in [3.8, 4) is 0 Å². The van der Waals surface area contributed by atoms with Crippen molar-refractivity contribution in [1.29, 1.82) is 0 Å². The van der Waals surface area contributed by atoms with E-state index in [1.807, 2.05) is 43.5 Å². The number of aliphatic imine (C=N–C) groups is 1. The van der Waals surface area contributed by atoms with Gasteiger partial charge in [0.05, 0.1) is 11.6 Å². The lowest BCUT2D eigenvalue weighted by Gasteiger charge is -2.15. The Balaban J connectivity index is 1.60. The van der Waals surface area contributed by atoms with Crippen LogP contribution in [0.15, 0.2) is 65.9 Å². The average molecular weight is 502 g/mol. The normalized spacial score (nSPS) is 15.3. The number of aryl methyl sites for hydroxylation is 1. The molecule has 0 amide bonds. The van der Waals surface area contributed by atoms with Gasteiger partial charge in [0.2, 0.25) is 5.90 Å². The third-order valence-corrected chi connectivity index (χ3v) is 6.66. The second-order valence-electron chi connectivity index (χ2n) is 9.86. The van der Waals surface area contributed by atoms with E-state index in [-0.39, 0.29) is 24.2 Å². The Morgan fingerprint density at radius 2 is 1.95 bits per heavy atom. The third kappa shape index (κ3) is 5.03. The van der Waals surface area contributed by atoms with E-state index in [2.05, 4.69) is 28.4 Å². The first kappa shape index (κ1) is 24.8. The first-order valence-corrected chi connectivity index (χ1v) is 12.5. The SMILES string of the molecule is CC(C)c1c(C(=O)CCc2ccc(F)c(F)c2)c2ccc(C3=N[C@H](C)CO3)cc2n1Cc1cccnc1. The smallest absolute Gasteiger partial charge is 0.216 e. The Kier molecular flexibility index (Phi) is 6.87. The first-order chi connectivity index (χ1) is 17.8. The number of pyridine rings is 1. The number of carbonyl (C=O) groups is 1. The number of fused-ring (bicyclic) bond motifs is 1. The monoisotopic (exact) mass is 501 g/mol. The predicted octanol–water partition coefficient (Wildman–Crippen LogP) is 6.47. The van der Waals surface area contributed by atoms with E-state index >= 15 is 0 Å². The Morgan fingerprint density at radius 3 is 2.62 bits per heavy atom. The van der Waals surface area contributed by atoms with Gasteiger partial charge < -0.3 is 9.30 Å². The van der Waals surface area contributed by atoms with Gasteiger partial charge in [0, 0.05) is 47.6 Å². The maximum atomic E-state index is 13.7. The molecule has 5 nitrogen and oxygen atoms in total. The van der Waals surface area contributed by atoms with Crippen molar-refractivity contribution in [3.63, 3.8) is 0 Å². The molecule has 7 heteroatoms. The fourth-order valence-electron chi connectivity index (χ4n) is 4.95. The number of aromatic nitrogens is 2. The predicted molar refractivity (Wildman–Crippen MR) is 140 cm³/mol. The number of hydrogen-bond donors (Lipinski definition) is 0. The molecule has 3 heterocycles. The maximum Gasteiger partial charge on any atom is 0.216 e. The van der Waals surface area contributed by atoms with Gasteiger partial charge in [-0.3, -0.25) is 9.78 Å². The molecule has 2 aromatic carbocycles. The molecule has 0 bridgehead atoms. The molecule has 0 spiro atoms. The highest BCUT2D eigenvalue weighted by Gasteiger charge is 2.26. The average Bonchev–Trinajstić information content (AvgIpc) is 3.46. The number of Topliss-reactive ketones (excluding diaryl/α,β-unsaturated/α-hetero) is 1. The molecule has 1 atom stereocenters. The van der Waals surface area contributed by atoms with E-state index in [0.717, 1.165) is 39.9 Å². The number of carbonyl (C=O) groups excluding carboxylic acids is 1. The van der Waals surface area contributed by atoms with E-state index in [1.54, 1.807) is 6.20 Å². The molecule has 0 saturated carbocycles. The summed E-state index contributed by atoms with van der Waals surface area (Å²) in [7, 11) is 0. The number of ether oxygens (including phenoxy) is 1. The molecule has 1 aliphatic rings. The first-order valence-electron chi connectivity index (χ1n) is 12.5. The van der Waals surface area contributed by atoms with Crippen molar-refractivity contribution in [3.05, 3.63) is 101 Å². The van der Waals surface area contributed by atoms with Gasteiger partial charge in [-0.05, 0) is 60.7 Å². The summed E-state index contributed by atoms with van der Waals surface area (Å²) in [6.45, 7) is 7.27. The van der Waals surface area contributed by atoms with Crippen LogP contribution in [0, 0.1) is 11.6 Å². The second kappa shape index (κ2) is 10.2. The number of benzene rings is 2. The zero-order valence-electron chi connectivity index (χ0n) is 21.2. The molecule has 4 aromatic rings. The van der Waals surface area contributed by atoms with Crippen LogP contribution in [0.2, 0.25) is 0 Å². The van der Waals surface area contributed by atoms with Gasteiger partial charge in [-0.1, -0.05) is 32.0 Å². The summed E-state index contributed by atoms with van der Waals surface area (Å²) in [6.07, 6.45) is 4.08. The molecule has 0 aliphatic carbocycles. The molecule has 2 aromatic heterocycles. The molecule has 37 heavy (non-hydrogen) atoms. The van der Waals surface area contributed by atoms with Crippen LogP contribution in [0.4, 0.5) is 8.78 Å². The van der Waals surface area contributed by atoms with Crippen LogP contribution in [-0.2, 0) is 17.7 Å². The minimum absolute atomic E-state index is 0.0285. The molecule has 1 aliphatic heterocycles. The lowest BCUT2D eigenvalue weighted by Crippen LogP contribution is -2.11. The largest absolute Gasteiger partial charge is 0.475 e. The highest BCUT2D eigenvalue weighted by molar-refractivity contribution is 6.11. The van der Waals surface area contributed by atoms with Crippen molar-refractivity contribution in [2.75, 3.05) is 6.61 Å². The van der Waals surface area contributed by atoms with Crippen LogP contribution in [-0.4, -0.2) is 33.9 Å². The molecular formula is C30H29F2N3O2. The summed E-state index contributed by atoms with van der Waals surface area (Å²) in [5.41, 5.74) is 5.02. The van der Waals surface area contributed by atoms with E-state index in [4.69, 9.17) is 4.74 Å². The van der Waals surface area contributed by atoms with Crippen LogP contribution < -0.4 is 0 Å². The van der Waals surface area contributed by atoms with Crippen LogP contribution in [0.1, 0.15) is 65.9 Å². The third-order valence-electron chi connectivity index (χ3n) is 6.66. The zero-order chi connectivity index (χ0) is 26.1. The number of nitrogens with zero attached hydrogens (tertiary/aromatic N) is 3. The number of ketones is 1. The summed E-state index contributed by atoms with van der Waals surface area (Å²) >= 11 is 0. The lowest BCUT2D eigenvalue weighted by atomic mass is 9.96. The molecule has 5 rings (SSSR count). The van der Waals surface area contributed by atoms with Crippen LogP contribution >= 0.6 is 0 Å². The van der Waals surface area contributed by atoms with Gasteiger partial charge in [0.25, 0.3) is 0 Å². The Hall–Kier alpha value is -3.87. The number of halogens is 2. The molecule has 0 saturated heterocycles. The fourth-order valence-corrected chi connectivity index (χ4v) is 4.95. The van der Waals surface area contributed by atoms with Crippen molar-refractivity contribution in [2.45, 2.75) is 52.1 Å². The minimum Gasteiger partial charge on any atom is -0.475 e. The Morgan fingerprint density at radius 1 is 1.11 bits per heavy atom. The van der Waals surface area contributed by atoms with Gasteiger partial charge in [-0.15, -0.1) is 0 Å². The highest BCUT2D eigenvalue weighted by Crippen LogP contribution is 2.34.